The van der Waals surface area contributed by atoms with Gasteiger partial charge in [0.15, 0.2) is 10.6 Å². The summed E-state index contributed by atoms with van der Waals surface area (Å²) in [6.07, 6.45) is 1.60. The Morgan fingerprint density at radius 3 is 2.64 bits per heavy atom. The first-order valence-corrected chi connectivity index (χ1v) is 16.2. The number of nitriles is 1. The van der Waals surface area contributed by atoms with Gasteiger partial charge in [-0.2, -0.15) is 5.26 Å². The van der Waals surface area contributed by atoms with E-state index in [4.69, 9.17) is 25.8 Å². The lowest BCUT2D eigenvalue weighted by Gasteiger charge is -2.26. The van der Waals surface area contributed by atoms with Gasteiger partial charge in [0, 0.05) is 11.1 Å². The Bertz CT molecular complexity index is 2020. The van der Waals surface area contributed by atoms with Crippen LogP contribution in [0.5, 0.6) is 11.5 Å². The summed E-state index contributed by atoms with van der Waals surface area (Å²) >= 11 is 11.4. The Hall–Kier alpha value is -4.17. The molecule has 1 aliphatic heterocycles. The van der Waals surface area contributed by atoms with Gasteiger partial charge in [-0.1, -0.05) is 59.3 Å². The van der Waals surface area contributed by atoms with Crippen LogP contribution in [0, 0.1) is 11.3 Å². The zero-order chi connectivity index (χ0) is 32.2. The first kappa shape index (κ1) is 32.2. The van der Waals surface area contributed by atoms with Gasteiger partial charge in [0.25, 0.3) is 5.56 Å². The van der Waals surface area contributed by atoms with Crippen LogP contribution >= 0.6 is 38.9 Å². The highest BCUT2D eigenvalue weighted by molar-refractivity contribution is 9.10. The number of esters is 1. The third-order valence-electron chi connectivity index (χ3n) is 6.92. The number of benzene rings is 3. The molecule has 11 heteroatoms. The minimum absolute atomic E-state index is 0.130. The van der Waals surface area contributed by atoms with Gasteiger partial charge >= 0.3 is 5.97 Å². The fourth-order valence-electron chi connectivity index (χ4n) is 5.01. The molecule has 1 aromatic heterocycles. The van der Waals surface area contributed by atoms with Crippen molar-refractivity contribution >= 4 is 50.9 Å². The van der Waals surface area contributed by atoms with Crippen molar-refractivity contribution in [3.05, 3.63) is 123 Å². The minimum Gasteiger partial charge on any atom is -0.491 e. The van der Waals surface area contributed by atoms with Crippen LogP contribution in [0.3, 0.4) is 0 Å². The van der Waals surface area contributed by atoms with E-state index in [0.717, 1.165) is 5.56 Å². The molecule has 1 aliphatic rings. The fraction of sp³-hybridized carbons (Fsp3) is 0.235. The molecule has 0 amide bonds. The number of allylic oxidation sites excluding steroid dienone is 1. The molecule has 0 saturated heterocycles. The van der Waals surface area contributed by atoms with Gasteiger partial charge in [-0.3, -0.25) is 9.36 Å². The number of hydrogen-bond donors (Lipinski definition) is 0. The van der Waals surface area contributed by atoms with Gasteiger partial charge in [-0.25, -0.2) is 9.79 Å². The summed E-state index contributed by atoms with van der Waals surface area (Å²) in [5, 5.41) is 9.71. The van der Waals surface area contributed by atoms with Crippen LogP contribution in [0.15, 0.2) is 86.2 Å². The molecule has 0 spiro atoms. The van der Waals surface area contributed by atoms with Crippen molar-refractivity contribution in [3.8, 4) is 17.6 Å². The molecule has 5 rings (SSSR count). The number of thiazole rings is 1. The number of carbonyl (C=O) groups is 1. The third-order valence-corrected chi connectivity index (χ3v) is 8.77. The molecular weight excluding hydrogens is 678 g/mol. The average molecular weight is 707 g/mol. The van der Waals surface area contributed by atoms with Gasteiger partial charge in [-0.05, 0) is 79.5 Å². The van der Waals surface area contributed by atoms with Crippen LogP contribution in [0.4, 0.5) is 0 Å². The lowest BCUT2D eigenvalue weighted by Crippen LogP contribution is -2.40. The van der Waals surface area contributed by atoms with Gasteiger partial charge in [0.1, 0.15) is 18.4 Å². The van der Waals surface area contributed by atoms with Crippen LogP contribution in [-0.2, 0) is 16.1 Å². The van der Waals surface area contributed by atoms with Gasteiger partial charge in [0.2, 0.25) is 0 Å². The molecule has 0 bridgehead atoms. The van der Waals surface area contributed by atoms with E-state index in [1.165, 1.54) is 15.9 Å². The Balaban J connectivity index is 1.58. The summed E-state index contributed by atoms with van der Waals surface area (Å²) in [6.45, 7) is 7.65. The summed E-state index contributed by atoms with van der Waals surface area (Å²) in [7, 11) is 0. The van der Waals surface area contributed by atoms with Crippen molar-refractivity contribution in [2.75, 3.05) is 6.61 Å². The molecule has 1 atom stereocenters. The summed E-state index contributed by atoms with van der Waals surface area (Å²) in [4.78, 5) is 32.5. The maximum Gasteiger partial charge on any atom is 0.338 e. The van der Waals surface area contributed by atoms with Crippen molar-refractivity contribution < 1.29 is 19.0 Å². The van der Waals surface area contributed by atoms with Crippen LogP contribution in [0.1, 0.15) is 56.0 Å². The molecule has 4 aromatic rings. The van der Waals surface area contributed by atoms with Crippen LogP contribution in [0.25, 0.3) is 6.08 Å². The number of ether oxygens (including phenoxy) is 3. The lowest BCUT2D eigenvalue weighted by atomic mass is 9.95. The predicted octanol–water partition coefficient (Wildman–Crippen LogP) is 6.45. The summed E-state index contributed by atoms with van der Waals surface area (Å²) in [6, 6.07) is 19.4. The number of hydrogen-bond acceptors (Lipinski definition) is 8. The van der Waals surface area contributed by atoms with E-state index in [-0.39, 0.29) is 30.5 Å². The molecule has 2 heterocycles. The highest BCUT2D eigenvalue weighted by Gasteiger charge is 2.35. The van der Waals surface area contributed by atoms with Crippen molar-refractivity contribution in [2.24, 2.45) is 4.99 Å². The molecule has 0 saturated carbocycles. The maximum absolute atomic E-state index is 14.1. The SMILES string of the molecule is CCOC(=O)C1=C(C)N=c2s/c(=C/c3cc(Cl)c(OCc4ccccc4C#N)c(Br)c3)c(=O)n2[C@@H]1c1ccccc1OC(C)C. The number of para-hydroxylation sites is 1. The van der Waals surface area contributed by atoms with E-state index in [0.29, 0.717) is 52.7 Å². The Morgan fingerprint density at radius 2 is 1.93 bits per heavy atom. The zero-order valence-corrected chi connectivity index (χ0v) is 28.1. The second kappa shape index (κ2) is 13.9. The number of halogens is 2. The second-order valence-electron chi connectivity index (χ2n) is 10.4. The number of aromatic nitrogens is 1. The molecule has 45 heavy (non-hydrogen) atoms. The van der Waals surface area contributed by atoms with E-state index < -0.39 is 12.0 Å². The van der Waals surface area contributed by atoms with E-state index in [2.05, 4.69) is 27.0 Å². The second-order valence-corrected chi connectivity index (χ2v) is 12.6. The standard InChI is InChI=1S/C34H29BrClN3O5S/c1-5-42-33(41)29-20(4)38-34-39(30(29)24-12-8-9-13-27(24)44-19(2)3)32(40)28(45-34)16-21-14-25(35)31(26(36)15-21)43-18-23-11-7-6-10-22(23)17-37/h6-16,19,30H,5,18H2,1-4H3/b28-16+/t30-/m1/s1. The van der Waals surface area contributed by atoms with Crippen LogP contribution in [-0.4, -0.2) is 23.2 Å². The maximum atomic E-state index is 14.1. The zero-order valence-electron chi connectivity index (χ0n) is 25.0. The highest BCUT2D eigenvalue weighted by Crippen LogP contribution is 2.37. The Morgan fingerprint density at radius 1 is 1.20 bits per heavy atom. The molecule has 230 valence electrons. The van der Waals surface area contributed by atoms with E-state index in [1.807, 2.05) is 50.2 Å². The number of nitrogens with zero attached hydrogens (tertiary/aromatic N) is 3. The normalized spacial score (nSPS) is 14.5. The molecule has 0 N–H and O–H groups in total. The average Bonchev–Trinajstić information content (AvgIpc) is 3.30. The summed E-state index contributed by atoms with van der Waals surface area (Å²) in [5.41, 5.74) is 3.00. The summed E-state index contributed by atoms with van der Waals surface area (Å²) in [5.74, 6) is 0.438. The molecule has 0 aliphatic carbocycles. The first-order valence-electron chi connectivity index (χ1n) is 14.2. The quantitative estimate of drug-likeness (QED) is 0.186. The Kier molecular flexibility index (Phi) is 9.93. The highest BCUT2D eigenvalue weighted by atomic mass is 79.9. The van der Waals surface area contributed by atoms with E-state index >= 15 is 0 Å². The van der Waals surface area contributed by atoms with Gasteiger partial charge < -0.3 is 14.2 Å². The monoisotopic (exact) mass is 705 g/mol. The minimum atomic E-state index is -0.806. The van der Waals surface area contributed by atoms with Crippen LogP contribution in [0.2, 0.25) is 5.02 Å². The molecule has 0 fully saturated rings. The van der Waals surface area contributed by atoms with E-state index in [9.17, 15) is 14.9 Å². The van der Waals surface area contributed by atoms with Gasteiger partial charge in [-0.15, -0.1) is 0 Å². The number of rotatable bonds is 9. The molecule has 8 nitrogen and oxygen atoms in total. The van der Waals surface area contributed by atoms with Gasteiger partial charge in [0.05, 0.1) is 49.6 Å². The topological polar surface area (TPSA) is 103 Å². The van der Waals surface area contributed by atoms with Crippen molar-refractivity contribution in [2.45, 2.75) is 46.4 Å². The van der Waals surface area contributed by atoms with Crippen molar-refractivity contribution in [3.63, 3.8) is 0 Å². The molecule has 3 aromatic carbocycles. The smallest absolute Gasteiger partial charge is 0.338 e. The third kappa shape index (κ3) is 6.76. The number of carbonyl (C=O) groups excluding carboxylic acids is 1. The number of fused-ring (bicyclic) bond motifs is 1. The lowest BCUT2D eigenvalue weighted by molar-refractivity contribution is -0.139. The molecule has 0 unspecified atom stereocenters. The fourth-order valence-corrected chi connectivity index (χ4v) is 7.05. The van der Waals surface area contributed by atoms with Crippen molar-refractivity contribution in [1.82, 2.24) is 4.57 Å². The van der Waals surface area contributed by atoms with E-state index in [1.54, 1.807) is 44.2 Å². The van der Waals surface area contributed by atoms with Crippen molar-refractivity contribution in [1.29, 1.82) is 5.26 Å². The Labute approximate surface area is 277 Å². The molecule has 0 radical (unpaired) electrons. The summed E-state index contributed by atoms with van der Waals surface area (Å²) < 4.78 is 20.0. The predicted molar refractivity (Wildman–Crippen MR) is 177 cm³/mol. The largest absolute Gasteiger partial charge is 0.491 e. The first-order chi connectivity index (χ1) is 21.6. The molecular formula is C34H29BrClN3O5S. The van der Waals surface area contributed by atoms with Crippen LogP contribution < -0.4 is 24.4 Å².